The Morgan fingerprint density at radius 1 is 1.56 bits per heavy atom. The zero-order valence-electron chi connectivity index (χ0n) is 10.5. The van der Waals surface area contributed by atoms with Gasteiger partial charge in [0.2, 0.25) is 5.91 Å². The summed E-state index contributed by atoms with van der Waals surface area (Å²) in [5.41, 5.74) is 5.67. The molecule has 0 spiro atoms. The SMILES string of the molecule is COCCCNC(=O)C(C)Sc1nccnc1N. The highest BCUT2D eigenvalue weighted by atomic mass is 32.2. The molecule has 1 rings (SSSR count). The first-order valence-electron chi connectivity index (χ1n) is 5.65. The van der Waals surface area contributed by atoms with Crippen molar-refractivity contribution in [2.45, 2.75) is 23.6 Å². The van der Waals surface area contributed by atoms with Gasteiger partial charge < -0.3 is 15.8 Å². The maximum atomic E-state index is 11.8. The Labute approximate surface area is 111 Å². The topological polar surface area (TPSA) is 90.1 Å². The smallest absolute Gasteiger partial charge is 0.233 e. The highest BCUT2D eigenvalue weighted by Gasteiger charge is 2.16. The number of methoxy groups -OCH3 is 1. The Balaban J connectivity index is 2.38. The predicted molar refractivity (Wildman–Crippen MR) is 71.3 cm³/mol. The molecule has 1 aromatic heterocycles. The van der Waals surface area contributed by atoms with Gasteiger partial charge in [-0.05, 0) is 13.3 Å². The summed E-state index contributed by atoms with van der Waals surface area (Å²) in [5.74, 6) is 0.308. The summed E-state index contributed by atoms with van der Waals surface area (Å²) in [6.45, 7) is 3.05. The van der Waals surface area contributed by atoms with E-state index in [1.54, 1.807) is 13.3 Å². The summed E-state index contributed by atoms with van der Waals surface area (Å²) in [7, 11) is 1.64. The van der Waals surface area contributed by atoms with Crippen LogP contribution in [0, 0.1) is 0 Å². The van der Waals surface area contributed by atoms with Gasteiger partial charge in [0.1, 0.15) is 5.03 Å². The first kappa shape index (κ1) is 14.7. The molecule has 0 aromatic carbocycles. The Morgan fingerprint density at radius 3 is 2.94 bits per heavy atom. The van der Waals surface area contributed by atoms with Gasteiger partial charge in [-0.2, -0.15) is 0 Å². The number of ether oxygens (including phenoxy) is 1. The number of nitrogens with one attached hydrogen (secondary N) is 1. The second-order valence-electron chi connectivity index (χ2n) is 3.64. The van der Waals surface area contributed by atoms with Crippen LogP contribution in [0.25, 0.3) is 0 Å². The van der Waals surface area contributed by atoms with Crippen molar-refractivity contribution in [3.05, 3.63) is 12.4 Å². The molecule has 6 nitrogen and oxygen atoms in total. The lowest BCUT2D eigenvalue weighted by Crippen LogP contribution is -2.32. The molecule has 3 N–H and O–H groups in total. The number of aromatic nitrogens is 2. The monoisotopic (exact) mass is 270 g/mol. The van der Waals surface area contributed by atoms with Crippen LogP contribution in [0.2, 0.25) is 0 Å². The molecular formula is C11H18N4O2S. The standard InChI is InChI=1S/C11H18N4O2S/c1-8(10(16)14-4-3-7-17-2)18-11-9(12)13-5-6-15-11/h5-6,8H,3-4,7H2,1-2H3,(H2,12,13)(H,14,16). The molecule has 1 atom stereocenters. The van der Waals surface area contributed by atoms with Crippen molar-refractivity contribution in [3.63, 3.8) is 0 Å². The van der Waals surface area contributed by atoms with Crippen LogP contribution in [-0.4, -0.2) is 41.4 Å². The number of nitrogens with zero attached hydrogens (tertiary/aromatic N) is 2. The molecule has 1 aromatic rings. The van der Waals surface area contributed by atoms with Crippen molar-refractivity contribution in [2.24, 2.45) is 0 Å². The zero-order valence-corrected chi connectivity index (χ0v) is 11.4. The minimum Gasteiger partial charge on any atom is -0.385 e. The fourth-order valence-electron chi connectivity index (χ4n) is 1.22. The number of rotatable bonds is 7. The highest BCUT2D eigenvalue weighted by molar-refractivity contribution is 8.00. The average Bonchev–Trinajstić information content (AvgIpc) is 2.37. The Kier molecular flexibility index (Phi) is 6.45. The van der Waals surface area contributed by atoms with Crippen LogP contribution in [0.1, 0.15) is 13.3 Å². The van der Waals surface area contributed by atoms with E-state index < -0.39 is 0 Å². The van der Waals surface area contributed by atoms with E-state index >= 15 is 0 Å². The third kappa shape index (κ3) is 4.89. The van der Waals surface area contributed by atoms with Crippen molar-refractivity contribution < 1.29 is 9.53 Å². The van der Waals surface area contributed by atoms with E-state index in [0.29, 0.717) is 24.0 Å². The van der Waals surface area contributed by atoms with Gasteiger partial charge in [0, 0.05) is 32.7 Å². The van der Waals surface area contributed by atoms with E-state index in [0.717, 1.165) is 6.42 Å². The van der Waals surface area contributed by atoms with Gasteiger partial charge in [-0.3, -0.25) is 4.79 Å². The molecule has 1 heterocycles. The maximum absolute atomic E-state index is 11.8. The minimum atomic E-state index is -0.258. The fraction of sp³-hybridized carbons (Fsp3) is 0.545. The van der Waals surface area contributed by atoms with Crippen LogP contribution >= 0.6 is 11.8 Å². The summed E-state index contributed by atoms with van der Waals surface area (Å²) in [6.07, 6.45) is 3.88. The molecule has 0 saturated carbocycles. The number of hydrogen-bond acceptors (Lipinski definition) is 6. The second-order valence-corrected chi connectivity index (χ2v) is 4.97. The number of nitrogen functional groups attached to an aromatic ring is 1. The Morgan fingerprint density at radius 2 is 2.28 bits per heavy atom. The molecule has 0 saturated heterocycles. The number of anilines is 1. The quantitative estimate of drug-likeness (QED) is 0.559. The molecule has 0 bridgehead atoms. The number of carbonyl (C=O) groups is 1. The van der Waals surface area contributed by atoms with Gasteiger partial charge in [0.05, 0.1) is 5.25 Å². The number of hydrogen-bond donors (Lipinski definition) is 2. The van der Waals surface area contributed by atoms with Crippen LogP contribution < -0.4 is 11.1 Å². The van der Waals surface area contributed by atoms with Gasteiger partial charge in [-0.1, -0.05) is 11.8 Å². The molecule has 0 aliphatic rings. The summed E-state index contributed by atoms with van der Waals surface area (Å²) in [6, 6.07) is 0. The fourth-order valence-corrected chi connectivity index (χ4v) is 2.04. The second kappa shape index (κ2) is 7.88. The molecule has 1 amide bonds. The summed E-state index contributed by atoms with van der Waals surface area (Å²) >= 11 is 1.30. The molecule has 7 heteroatoms. The average molecular weight is 270 g/mol. The van der Waals surface area contributed by atoms with Gasteiger partial charge >= 0.3 is 0 Å². The van der Waals surface area contributed by atoms with Gasteiger partial charge in [-0.25, -0.2) is 9.97 Å². The van der Waals surface area contributed by atoms with Gasteiger partial charge in [-0.15, -0.1) is 0 Å². The molecule has 0 aliphatic carbocycles. The Hall–Kier alpha value is -1.34. The van der Waals surface area contributed by atoms with Gasteiger partial charge in [0.25, 0.3) is 0 Å². The molecule has 0 fully saturated rings. The molecular weight excluding hydrogens is 252 g/mol. The van der Waals surface area contributed by atoms with E-state index in [2.05, 4.69) is 15.3 Å². The first-order valence-corrected chi connectivity index (χ1v) is 6.53. The van der Waals surface area contributed by atoms with Crippen LogP contribution in [0.3, 0.4) is 0 Å². The lowest BCUT2D eigenvalue weighted by atomic mass is 10.4. The largest absolute Gasteiger partial charge is 0.385 e. The molecule has 1 unspecified atom stereocenters. The summed E-state index contributed by atoms with van der Waals surface area (Å²) in [4.78, 5) is 19.8. The number of amides is 1. The maximum Gasteiger partial charge on any atom is 0.233 e. The molecule has 100 valence electrons. The minimum absolute atomic E-state index is 0.0406. The third-order valence-corrected chi connectivity index (χ3v) is 3.28. The predicted octanol–water partition coefficient (Wildman–Crippen LogP) is 0.692. The van der Waals surface area contributed by atoms with E-state index in [-0.39, 0.29) is 11.2 Å². The van der Waals surface area contributed by atoms with Crippen LogP contribution in [0.15, 0.2) is 17.4 Å². The van der Waals surface area contributed by atoms with E-state index in [1.807, 2.05) is 6.92 Å². The third-order valence-electron chi connectivity index (χ3n) is 2.17. The molecule has 0 radical (unpaired) electrons. The molecule has 18 heavy (non-hydrogen) atoms. The van der Waals surface area contributed by atoms with Crippen LogP contribution in [0.4, 0.5) is 5.82 Å². The van der Waals surface area contributed by atoms with Gasteiger partial charge in [0.15, 0.2) is 5.82 Å². The molecule has 0 aliphatic heterocycles. The van der Waals surface area contributed by atoms with Crippen LogP contribution in [-0.2, 0) is 9.53 Å². The lowest BCUT2D eigenvalue weighted by Gasteiger charge is -2.11. The van der Waals surface area contributed by atoms with Crippen molar-refractivity contribution in [1.82, 2.24) is 15.3 Å². The first-order chi connectivity index (χ1) is 8.65. The van der Waals surface area contributed by atoms with Crippen molar-refractivity contribution in [2.75, 3.05) is 26.0 Å². The van der Waals surface area contributed by atoms with Crippen molar-refractivity contribution >= 4 is 23.5 Å². The highest BCUT2D eigenvalue weighted by Crippen LogP contribution is 2.24. The Bertz CT molecular complexity index is 389. The van der Waals surface area contributed by atoms with Crippen molar-refractivity contribution in [3.8, 4) is 0 Å². The van der Waals surface area contributed by atoms with Crippen LogP contribution in [0.5, 0.6) is 0 Å². The number of carbonyl (C=O) groups excluding carboxylic acids is 1. The lowest BCUT2D eigenvalue weighted by molar-refractivity contribution is -0.120. The van der Waals surface area contributed by atoms with E-state index in [1.165, 1.54) is 18.0 Å². The normalized spacial score (nSPS) is 12.1. The van der Waals surface area contributed by atoms with E-state index in [4.69, 9.17) is 10.5 Å². The summed E-state index contributed by atoms with van der Waals surface area (Å²) in [5, 5.41) is 3.15. The number of nitrogens with two attached hydrogens (primary N) is 1. The summed E-state index contributed by atoms with van der Waals surface area (Å²) < 4.78 is 4.90. The van der Waals surface area contributed by atoms with Crippen molar-refractivity contribution in [1.29, 1.82) is 0 Å². The number of thioether (sulfide) groups is 1. The zero-order chi connectivity index (χ0) is 13.4. The van der Waals surface area contributed by atoms with E-state index in [9.17, 15) is 4.79 Å².